The fourth-order valence-corrected chi connectivity index (χ4v) is 2.95. The van der Waals surface area contributed by atoms with Crippen molar-refractivity contribution < 1.29 is 4.79 Å². The number of carbonyl (C=O) groups excluding carboxylic acids is 1. The van der Waals surface area contributed by atoms with E-state index in [-0.39, 0.29) is 11.5 Å². The van der Waals surface area contributed by atoms with Crippen LogP contribution in [0.4, 0.5) is 5.69 Å². The second-order valence-electron chi connectivity index (χ2n) is 6.23. The van der Waals surface area contributed by atoms with Crippen LogP contribution in [0.25, 0.3) is 0 Å². The maximum Gasteiger partial charge on any atom is 0.266 e. The molecule has 0 saturated carbocycles. The molecule has 2 aromatic carbocycles. The smallest absolute Gasteiger partial charge is 0.266 e. The Labute approximate surface area is 154 Å². The Bertz CT molecular complexity index is 788. The summed E-state index contributed by atoms with van der Waals surface area (Å²) in [7, 11) is 0. The van der Waals surface area contributed by atoms with Gasteiger partial charge in [-0.1, -0.05) is 48.5 Å². The molecule has 0 unspecified atom stereocenters. The van der Waals surface area contributed by atoms with Crippen LogP contribution in [0.3, 0.4) is 0 Å². The first-order chi connectivity index (χ1) is 12.8. The minimum Gasteiger partial charge on any atom is -0.360 e. The Morgan fingerprint density at radius 1 is 1.00 bits per heavy atom. The Kier molecular flexibility index (Phi) is 6.02. The van der Waals surface area contributed by atoms with Crippen molar-refractivity contribution in [2.75, 3.05) is 31.5 Å². The molecule has 1 saturated heterocycles. The zero-order valence-electron chi connectivity index (χ0n) is 14.6. The number of benzene rings is 2. The van der Waals surface area contributed by atoms with E-state index < -0.39 is 0 Å². The molecule has 1 N–H and O–H groups in total. The summed E-state index contributed by atoms with van der Waals surface area (Å²) >= 11 is 0. The first-order valence-corrected chi connectivity index (χ1v) is 8.73. The summed E-state index contributed by atoms with van der Waals surface area (Å²) < 4.78 is 0. The van der Waals surface area contributed by atoms with Crippen LogP contribution in [0.1, 0.15) is 5.56 Å². The average Bonchev–Trinajstić information content (AvgIpc) is 2.70. The molecule has 0 aliphatic carbocycles. The number of nitriles is 1. The minimum atomic E-state index is -0.213. The second-order valence-corrected chi connectivity index (χ2v) is 6.23. The molecule has 0 radical (unpaired) electrons. The van der Waals surface area contributed by atoms with E-state index >= 15 is 0 Å². The van der Waals surface area contributed by atoms with Crippen molar-refractivity contribution in [3.63, 3.8) is 0 Å². The molecule has 132 valence electrons. The Hall–Kier alpha value is -3.10. The molecule has 1 heterocycles. The molecule has 0 bridgehead atoms. The number of nitrogens with one attached hydrogen (secondary N) is 1. The Morgan fingerprint density at radius 2 is 1.62 bits per heavy atom. The molecule has 0 spiro atoms. The molecule has 1 aliphatic rings. The van der Waals surface area contributed by atoms with E-state index in [1.54, 1.807) is 4.90 Å². The fraction of sp³-hybridized carbons (Fsp3) is 0.238. The molecular weight excluding hydrogens is 324 g/mol. The first-order valence-electron chi connectivity index (χ1n) is 8.73. The van der Waals surface area contributed by atoms with E-state index in [1.807, 2.05) is 54.6 Å². The maximum atomic E-state index is 12.6. The van der Waals surface area contributed by atoms with Gasteiger partial charge in [-0.3, -0.25) is 9.69 Å². The molecule has 26 heavy (non-hydrogen) atoms. The van der Waals surface area contributed by atoms with Crippen molar-refractivity contribution in [2.45, 2.75) is 6.54 Å². The van der Waals surface area contributed by atoms with Crippen LogP contribution in [-0.2, 0) is 11.3 Å². The molecule has 0 aromatic heterocycles. The number of hydrogen-bond donors (Lipinski definition) is 1. The van der Waals surface area contributed by atoms with Crippen molar-refractivity contribution >= 4 is 11.6 Å². The molecule has 1 aliphatic heterocycles. The van der Waals surface area contributed by atoms with E-state index in [0.717, 1.165) is 25.3 Å². The highest BCUT2D eigenvalue weighted by atomic mass is 16.2. The van der Waals surface area contributed by atoms with Crippen LogP contribution >= 0.6 is 0 Å². The van der Waals surface area contributed by atoms with Crippen molar-refractivity contribution in [1.82, 2.24) is 9.80 Å². The number of anilines is 1. The molecular formula is C21H22N4O. The van der Waals surface area contributed by atoms with E-state index in [0.29, 0.717) is 13.1 Å². The largest absolute Gasteiger partial charge is 0.360 e. The number of rotatable bonds is 5. The fourth-order valence-electron chi connectivity index (χ4n) is 2.95. The SMILES string of the molecule is N#C/C(=C/Nc1ccccc1)C(=O)N1CCN(Cc2ccccc2)CC1. The highest BCUT2D eigenvalue weighted by Gasteiger charge is 2.23. The third-order valence-electron chi connectivity index (χ3n) is 4.42. The van der Waals surface area contributed by atoms with Crippen molar-refractivity contribution in [2.24, 2.45) is 0 Å². The molecule has 2 aromatic rings. The summed E-state index contributed by atoms with van der Waals surface area (Å²) in [5.41, 5.74) is 2.25. The predicted molar refractivity (Wildman–Crippen MR) is 102 cm³/mol. The van der Waals surface area contributed by atoms with Crippen LogP contribution < -0.4 is 5.32 Å². The normalized spacial score (nSPS) is 15.3. The summed E-state index contributed by atoms with van der Waals surface area (Å²) in [6.45, 7) is 3.78. The Morgan fingerprint density at radius 3 is 2.23 bits per heavy atom. The van der Waals surface area contributed by atoms with Gasteiger partial charge in [-0.05, 0) is 17.7 Å². The number of piperazine rings is 1. The minimum absolute atomic E-state index is 0.130. The van der Waals surface area contributed by atoms with Gasteiger partial charge >= 0.3 is 0 Å². The lowest BCUT2D eigenvalue weighted by atomic mass is 10.2. The number of amides is 1. The number of nitrogens with zero attached hydrogens (tertiary/aromatic N) is 3. The lowest BCUT2D eigenvalue weighted by Crippen LogP contribution is -2.48. The summed E-state index contributed by atoms with van der Waals surface area (Å²) in [6, 6.07) is 21.8. The third kappa shape index (κ3) is 4.71. The monoisotopic (exact) mass is 346 g/mol. The van der Waals surface area contributed by atoms with Crippen molar-refractivity contribution in [3.8, 4) is 6.07 Å². The zero-order valence-corrected chi connectivity index (χ0v) is 14.6. The topological polar surface area (TPSA) is 59.4 Å². The standard InChI is InChI=1S/C21H22N4O/c22-15-19(16-23-20-9-5-2-6-10-20)21(26)25-13-11-24(12-14-25)17-18-7-3-1-4-8-18/h1-10,16,23H,11-14,17H2/b19-16-. The molecule has 1 fully saturated rings. The summed E-state index contributed by atoms with van der Waals surface area (Å²) in [4.78, 5) is 16.7. The van der Waals surface area contributed by atoms with Crippen LogP contribution in [0.2, 0.25) is 0 Å². The lowest BCUT2D eigenvalue weighted by Gasteiger charge is -2.34. The first kappa shape index (κ1) is 17.7. The number of carbonyl (C=O) groups is 1. The van der Waals surface area contributed by atoms with Gasteiger partial charge in [-0.15, -0.1) is 0 Å². The van der Waals surface area contributed by atoms with Gasteiger partial charge in [0, 0.05) is 44.6 Å². The quantitative estimate of drug-likeness (QED) is 0.668. The van der Waals surface area contributed by atoms with Gasteiger partial charge in [0.25, 0.3) is 5.91 Å². The summed E-state index contributed by atoms with van der Waals surface area (Å²) in [5, 5.41) is 12.4. The summed E-state index contributed by atoms with van der Waals surface area (Å²) in [5.74, 6) is -0.213. The van der Waals surface area contributed by atoms with Crippen LogP contribution in [0.5, 0.6) is 0 Å². The van der Waals surface area contributed by atoms with Crippen LogP contribution in [0, 0.1) is 11.3 Å². The van der Waals surface area contributed by atoms with Crippen LogP contribution in [0.15, 0.2) is 72.4 Å². The van der Waals surface area contributed by atoms with Gasteiger partial charge < -0.3 is 10.2 Å². The third-order valence-corrected chi connectivity index (χ3v) is 4.42. The summed E-state index contributed by atoms with van der Waals surface area (Å²) in [6.07, 6.45) is 1.49. The van der Waals surface area contributed by atoms with Crippen LogP contribution in [-0.4, -0.2) is 41.9 Å². The lowest BCUT2D eigenvalue weighted by molar-refractivity contribution is -0.128. The van der Waals surface area contributed by atoms with E-state index in [2.05, 4.69) is 22.3 Å². The van der Waals surface area contributed by atoms with Gasteiger partial charge in [0.2, 0.25) is 0 Å². The zero-order chi connectivity index (χ0) is 18.2. The molecule has 5 heteroatoms. The van der Waals surface area contributed by atoms with Crippen molar-refractivity contribution in [1.29, 1.82) is 5.26 Å². The van der Waals surface area contributed by atoms with Gasteiger partial charge in [-0.2, -0.15) is 5.26 Å². The molecule has 1 amide bonds. The molecule has 0 atom stereocenters. The number of hydrogen-bond acceptors (Lipinski definition) is 4. The average molecular weight is 346 g/mol. The predicted octanol–water partition coefficient (Wildman–Crippen LogP) is 2.85. The molecule has 5 nitrogen and oxygen atoms in total. The van der Waals surface area contributed by atoms with Crippen molar-refractivity contribution in [3.05, 3.63) is 78.0 Å². The van der Waals surface area contributed by atoms with Gasteiger partial charge in [0.15, 0.2) is 0 Å². The maximum absolute atomic E-state index is 12.6. The van der Waals surface area contributed by atoms with E-state index in [1.165, 1.54) is 11.8 Å². The van der Waals surface area contributed by atoms with Gasteiger partial charge in [0.05, 0.1) is 0 Å². The van der Waals surface area contributed by atoms with Gasteiger partial charge in [0.1, 0.15) is 11.6 Å². The second kappa shape index (κ2) is 8.84. The Balaban J connectivity index is 1.54. The highest BCUT2D eigenvalue weighted by Crippen LogP contribution is 2.12. The number of para-hydroxylation sites is 1. The molecule has 3 rings (SSSR count). The van der Waals surface area contributed by atoms with Gasteiger partial charge in [-0.25, -0.2) is 0 Å². The van der Waals surface area contributed by atoms with E-state index in [9.17, 15) is 10.1 Å². The van der Waals surface area contributed by atoms with E-state index in [4.69, 9.17) is 0 Å². The highest BCUT2D eigenvalue weighted by molar-refractivity contribution is 5.97.